The first-order valence-corrected chi connectivity index (χ1v) is 7.56. The molecule has 108 valence electrons. The SMILES string of the molecule is CCc1cc(Br)ccc1NCc1ccc(OC)c(C#N)c1. The van der Waals surface area contributed by atoms with Crippen LogP contribution in [0.1, 0.15) is 23.6 Å². The molecule has 3 nitrogen and oxygen atoms in total. The highest BCUT2D eigenvalue weighted by atomic mass is 79.9. The Morgan fingerprint density at radius 2 is 2.05 bits per heavy atom. The normalized spacial score (nSPS) is 10.0. The van der Waals surface area contributed by atoms with Crippen LogP contribution in [0.15, 0.2) is 40.9 Å². The van der Waals surface area contributed by atoms with Crippen molar-refractivity contribution in [1.29, 1.82) is 5.26 Å². The number of aryl methyl sites for hydroxylation is 1. The molecule has 2 aromatic rings. The molecular weight excluding hydrogens is 328 g/mol. The first kappa shape index (κ1) is 15.4. The summed E-state index contributed by atoms with van der Waals surface area (Å²) in [6.45, 7) is 2.81. The lowest BCUT2D eigenvalue weighted by atomic mass is 10.1. The summed E-state index contributed by atoms with van der Waals surface area (Å²) in [5, 5.41) is 12.5. The zero-order valence-electron chi connectivity index (χ0n) is 12.1. The second-order valence-electron chi connectivity index (χ2n) is 4.66. The number of ether oxygens (including phenoxy) is 1. The first-order chi connectivity index (χ1) is 10.2. The first-order valence-electron chi connectivity index (χ1n) is 6.77. The van der Waals surface area contributed by atoms with E-state index in [-0.39, 0.29) is 0 Å². The molecule has 21 heavy (non-hydrogen) atoms. The Hall–Kier alpha value is -1.99. The van der Waals surface area contributed by atoms with Crippen molar-refractivity contribution in [3.63, 3.8) is 0 Å². The average molecular weight is 345 g/mol. The van der Waals surface area contributed by atoms with Gasteiger partial charge in [-0.3, -0.25) is 0 Å². The highest BCUT2D eigenvalue weighted by molar-refractivity contribution is 9.10. The van der Waals surface area contributed by atoms with Crippen molar-refractivity contribution in [2.45, 2.75) is 19.9 Å². The van der Waals surface area contributed by atoms with Crippen LogP contribution in [0.2, 0.25) is 0 Å². The van der Waals surface area contributed by atoms with Gasteiger partial charge in [0.2, 0.25) is 0 Å². The predicted octanol–water partition coefficient (Wildman–Crippen LogP) is 4.50. The van der Waals surface area contributed by atoms with Crippen molar-refractivity contribution in [2.75, 3.05) is 12.4 Å². The molecule has 0 heterocycles. The van der Waals surface area contributed by atoms with Crippen molar-refractivity contribution >= 4 is 21.6 Å². The van der Waals surface area contributed by atoms with E-state index in [0.29, 0.717) is 17.9 Å². The van der Waals surface area contributed by atoms with Crippen molar-refractivity contribution in [2.24, 2.45) is 0 Å². The smallest absolute Gasteiger partial charge is 0.136 e. The minimum Gasteiger partial charge on any atom is -0.495 e. The number of nitrogens with zero attached hydrogens (tertiary/aromatic N) is 1. The number of benzene rings is 2. The summed E-state index contributed by atoms with van der Waals surface area (Å²) in [7, 11) is 1.57. The van der Waals surface area contributed by atoms with E-state index in [2.05, 4.69) is 46.4 Å². The Morgan fingerprint density at radius 3 is 2.71 bits per heavy atom. The van der Waals surface area contributed by atoms with Gasteiger partial charge in [0.15, 0.2) is 0 Å². The molecule has 0 saturated carbocycles. The molecule has 2 rings (SSSR count). The van der Waals surface area contributed by atoms with E-state index in [0.717, 1.165) is 22.1 Å². The van der Waals surface area contributed by atoms with Gasteiger partial charge >= 0.3 is 0 Å². The Labute approximate surface area is 133 Å². The molecule has 0 unspecified atom stereocenters. The molecule has 0 radical (unpaired) electrons. The average Bonchev–Trinajstić information content (AvgIpc) is 2.53. The summed E-state index contributed by atoms with van der Waals surface area (Å²) in [4.78, 5) is 0. The van der Waals surface area contributed by atoms with Gasteiger partial charge in [-0.1, -0.05) is 28.9 Å². The van der Waals surface area contributed by atoms with Crippen molar-refractivity contribution in [1.82, 2.24) is 0 Å². The van der Waals surface area contributed by atoms with Gasteiger partial charge in [-0.2, -0.15) is 5.26 Å². The highest BCUT2D eigenvalue weighted by Crippen LogP contribution is 2.23. The summed E-state index contributed by atoms with van der Waals surface area (Å²) in [6, 6.07) is 14.0. The van der Waals surface area contributed by atoms with Crippen LogP contribution in [0.3, 0.4) is 0 Å². The fraction of sp³-hybridized carbons (Fsp3) is 0.235. The van der Waals surface area contributed by atoms with Gasteiger partial charge < -0.3 is 10.1 Å². The third kappa shape index (κ3) is 3.77. The Balaban J connectivity index is 2.15. The van der Waals surface area contributed by atoms with Crippen LogP contribution in [0.25, 0.3) is 0 Å². The lowest BCUT2D eigenvalue weighted by molar-refractivity contribution is 0.413. The van der Waals surface area contributed by atoms with Crippen LogP contribution < -0.4 is 10.1 Å². The summed E-state index contributed by atoms with van der Waals surface area (Å²) < 4.78 is 6.24. The fourth-order valence-electron chi connectivity index (χ4n) is 2.18. The third-order valence-corrected chi connectivity index (χ3v) is 3.81. The van der Waals surface area contributed by atoms with Crippen LogP contribution in [0.5, 0.6) is 5.75 Å². The number of anilines is 1. The Kier molecular flexibility index (Phi) is 5.24. The van der Waals surface area contributed by atoms with Gasteiger partial charge in [0.05, 0.1) is 12.7 Å². The maximum Gasteiger partial charge on any atom is 0.136 e. The molecule has 0 aliphatic carbocycles. The topological polar surface area (TPSA) is 45.0 Å². The molecule has 0 aliphatic rings. The van der Waals surface area contributed by atoms with E-state index in [4.69, 9.17) is 10.00 Å². The summed E-state index contributed by atoms with van der Waals surface area (Å²) in [6.07, 6.45) is 0.966. The van der Waals surface area contributed by atoms with Crippen LogP contribution in [0, 0.1) is 11.3 Å². The number of halogens is 1. The van der Waals surface area contributed by atoms with E-state index >= 15 is 0 Å². The van der Waals surface area contributed by atoms with Crippen molar-refractivity contribution in [3.05, 3.63) is 57.6 Å². The van der Waals surface area contributed by atoms with Gasteiger partial charge in [0.1, 0.15) is 11.8 Å². The Morgan fingerprint density at radius 1 is 1.24 bits per heavy atom. The van der Waals surface area contributed by atoms with Crippen LogP contribution in [-0.4, -0.2) is 7.11 Å². The van der Waals surface area contributed by atoms with Gasteiger partial charge in [0.25, 0.3) is 0 Å². The number of rotatable bonds is 5. The zero-order valence-corrected chi connectivity index (χ0v) is 13.7. The number of nitrogens with one attached hydrogen (secondary N) is 1. The number of nitriles is 1. The molecule has 0 fully saturated rings. The van der Waals surface area contributed by atoms with E-state index < -0.39 is 0 Å². The minimum absolute atomic E-state index is 0.559. The van der Waals surface area contributed by atoms with E-state index in [9.17, 15) is 0 Å². The van der Waals surface area contributed by atoms with Gasteiger partial charge in [-0.05, 0) is 47.9 Å². The third-order valence-electron chi connectivity index (χ3n) is 3.32. The molecule has 0 atom stereocenters. The maximum absolute atomic E-state index is 9.12. The molecule has 0 spiro atoms. The molecule has 2 aromatic carbocycles. The molecule has 0 amide bonds. The molecule has 0 aliphatic heterocycles. The van der Waals surface area contributed by atoms with Gasteiger partial charge in [-0.25, -0.2) is 0 Å². The second-order valence-corrected chi connectivity index (χ2v) is 5.57. The van der Waals surface area contributed by atoms with Crippen LogP contribution in [0.4, 0.5) is 5.69 Å². The van der Waals surface area contributed by atoms with Crippen molar-refractivity contribution < 1.29 is 4.74 Å². The second kappa shape index (κ2) is 7.14. The molecule has 0 aromatic heterocycles. The number of hydrogen-bond donors (Lipinski definition) is 1. The lowest BCUT2D eigenvalue weighted by Gasteiger charge is -2.12. The molecule has 4 heteroatoms. The molecule has 0 bridgehead atoms. The molecule has 0 saturated heterocycles. The van der Waals surface area contributed by atoms with E-state index in [1.165, 1.54) is 5.56 Å². The number of methoxy groups -OCH3 is 1. The van der Waals surface area contributed by atoms with Crippen LogP contribution >= 0.6 is 15.9 Å². The maximum atomic E-state index is 9.12. The molecular formula is C17H17BrN2O. The predicted molar refractivity (Wildman–Crippen MR) is 88.6 cm³/mol. The highest BCUT2D eigenvalue weighted by Gasteiger charge is 2.05. The monoisotopic (exact) mass is 344 g/mol. The summed E-state index contributed by atoms with van der Waals surface area (Å²) in [5.74, 6) is 0.610. The van der Waals surface area contributed by atoms with Crippen LogP contribution in [-0.2, 0) is 13.0 Å². The number of hydrogen-bond acceptors (Lipinski definition) is 3. The van der Waals surface area contributed by atoms with Gasteiger partial charge in [-0.15, -0.1) is 0 Å². The quantitative estimate of drug-likeness (QED) is 0.868. The molecule has 1 N–H and O–H groups in total. The van der Waals surface area contributed by atoms with E-state index in [1.54, 1.807) is 7.11 Å². The Bertz CT molecular complexity index is 677. The standard InChI is InChI=1S/C17H17BrN2O/c1-3-13-9-15(18)5-6-16(13)20-11-12-4-7-17(21-2)14(8-12)10-19/h4-9,20H,3,11H2,1-2H3. The lowest BCUT2D eigenvalue weighted by Crippen LogP contribution is -2.03. The summed E-state index contributed by atoms with van der Waals surface area (Å²) in [5.41, 5.74) is 3.99. The summed E-state index contributed by atoms with van der Waals surface area (Å²) >= 11 is 3.49. The fourth-order valence-corrected chi connectivity index (χ4v) is 2.59. The largest absolute Gasteiger partial charge is 0.495 e. The zero-order chi connectivity index (χ0) is 15.2. The van der Waals surface area contributed by atoms with Gasteiger partial charge in [0, 0.05) is 16.7 Å². The van der Waals surface area contributed by atoms with Crippen molar-refractivity contribution in [3.8, 4) is 11.8 Å². The minimum atomic E-state index is 0.559. The van der Waals surface area contributed by atoms with E-state index in [1.807, 2.05) is 24.3 Å².